The molecule has 0 aromatic carbocycles. The molecule has 0 fully saturated rings. The summed E-state index contributed by atoms with van der Waals surface area (Å²) in [6.07, 6.45) is 5.95. The van der Waals surface area contributed by atoms with Crippen molar-refractivity contribution in [2.75, 3.05) is 5.73 Å². The van der Waals surface area contributed by atoms with Crippen molar-refractivity contribution in [2.45, 2.75) is 6.92 Å². The van der Waals surface area contributed by atoms with Crippen LogP contribution in [0.25, 0.3) is 0 Å². The van der Waals surface area contributed by atoms with Gasteiger partial charge < -0.3 is 5.73 Å². The van der Waals surface area contributed by atoms with Crippen LogP contribution >= 0.6 is 0 Å². The highest BCUT2D eigenvalue weighted by molar-refractivity contribution is 5.22. The van der Waals surface area contributed by atoms with Gasteiger partial charge in [-0.2, -0.15) is 0 Å². The quantitative estimate of drug-likeness (QED) is 0.512. The van der Waals surface area contributed by atoms with E-state index in [-0.39, 0.29) is 0 Å². The maximum Gasteiger partial charge on any atom is 0.346 e. The Hall–Kier alpha value is -1.76. The number of anilines is 1. The van der Waals surface area contributed by atoms with Gasteiger partial charge in [-0.3, -0.25) is 4.98 Å². The van der Waals surface area contributed by atoms with Crippen LogP contribution in [-0.2, 0) is 0 Å². The summed E-state index contributed by atoms with van der Waals surface area (Å²) in [5, 5.41) is 0. The van der Waals surface area contributed by atoms with Gasteiger partial charge in [-0.15, -0.1) is 12.3 Å². The van der Waals surface area contributed by atoms with Crippen LogP contribution in [0.15, 0.2) is 17.1 Å². The Morgan fingerprint density at radius 2 is 2.36 bits per heavy atom. The smallest absolute Gasteiger partial charge is 0.346 e. The molecule has 1 aromatic heterocycles. The van der Waals surface area contributed by atoms with Crippen LogP contribution in [-0.4, -0.2) is 9.97 Å². The first-order valence-corrected chi connectivity index (χ1v) is 2.89. The van der Waals surface area contributed by atoms with Gasteiger partial charge in [0.25, 0.3) is 0 Å². The zero-order valence-corrected chi connectivity index (χ0v) is 6.16. The second kappa shape index (κ2) is 5.06. The highest BCUT2D eigenvalue weighted by Crippen LogP contribution is 1.82. The van der Waals surface area contributed by atoms with E-state index < -0.39 is 5.69 Å². The van der Waals surface area contributed by atoms with E-state index in [9.17, 15) is 4.79 Å². The first-order chi connectivity index (χ1) is 5.20. The lowest BCUT2D eigenvalue weighted by atomic mass is 10.6. The summed E-state index contributed by atoms with van der Waals surface area (Å²) in [6, 6.07) is 1.52. The molecule has 11 heavy (non-hydrogen) atoms. The third-order valence-electron chi connectivity index (χ3n) is 0.697. The molecule has 4 nitrogen and oxygen atoms in total. The van der Waals surface area contributed by atoms with E-state index in [0.717, 1.165) is 0 Å². The van der Waals surface area contributed by atoms with Crippen LogP contribution in [0.3, 0.4) is 0 Å². The lowest BCUT2D eigenvalue weighted by molar-refractivity contribution is 1.08. The molecule has 0 saturated heterocycles. The number of aromatic nitrogens is 2. The summed E-state index contributed by atoms with van der Waals surface area (Å²) in [7, 11) is 0. The van der Waals surface area contributed by atoms with Crippen molar-refractivity contribution in [1.29, 1.82) is 0 Å². The highest BCUT2D eigenvalue weighted by Gasteiger charge is 1.80. The lowest BCUT2D eigenvalue weighted by Crippen LogP contribution is -2.10. The van der Waals surface area contributed by atoms with Crippen LogP contribution in [0, 0.1) is 12.3 Å². The molecule has 0 spiro atoms. The zero-order valence-electron chi connectivity index (χ0n) is 6.16. The van der Waals surface area contributed by atoms with Gasteiger partial charge >= 0.3 is 5.69 Å². The fourth-order valence-electron chi connectivity index (χ4n) is 0.383. The van der Waals surface area contributed by atoms with E-state index in [4.69, 9.17) is 5.73 Å². The first-order valence-electron chi connectivity index (χ1n) is 2.89. The molecule has 1 rings (SSSR count). The summed E-state index contributed by atoms with van der Waals surface area (Å²) >= 11 is 0. The third-order valence-corrected chi connectivity index (χ3v) is 0.697. The number of nitrogens with zero attached hydrogens (tertiary/aromatic N) is 1. The molecule has 4 heteroatoms. The van der Waals surface area contributed by atoms with Crippen molar-refractivity contribution in [2.24, 2.45) is 0 Å². The molecule has 0 aliphatic heterocycles. The van der Waals surface area contributed by atoms with E-state index >= 15 is 0 Å². The van der Waals surface area contributed by atoms with Crippen LogP contribution < -0.4 is 11.4 Å². The first kappa shape index (κ1) is 9.24. The molecular weight excluding hydrogens is 142 g/mol. The molecule has 0 amide bonds. The topological polar surface area (TPSA) is 71.8 Å². The van der Waals surface area contributed by atoms with Gasteiger partial charge in [0.1, 0.15) is 5.82 Å². The monoisotopic (exact) mass is 151 g/mol. The van der Waals surface area contributed by atoms with Gasteiger partial charge in [-0.25, -0.2) is 9.78 Å². The van der Waals surface area contributed by atoms with E-state index in [1.165, 1.54) is 12.3 Å². The Morgan fingerprint density at radius 1 is 1.82 bits per heavy atom. The Labute approximate surface area is 64.5 Å². The van der Waals surface area contributed by atoms with Gasteiger partial charge in [0, 0.05) is 6.20 Å². The van der Waals surface area contributed by atoms with Gasteiger partial charge in [0.15, 0.2) is 0 Å². The van der Waals surface area contributed by atoms with Crippen molar-refractivity contribution in [1.82, 2.24) is 9.97 Å². The molecule has 0 saturated carbocycles. The number of nitrogens with two attached hydrogens (primary N) is 1. The SMILES string of the molecule is C#CC.Nc1ccnc(=O)[nH]1. The van der Waals surface area contributed by atoms with Crippen LogP contribution in [0.4, 0.5) is 5.82 Å². The summed E-state index contributed by atoms with van der Waals surface area (Å²) in [4.78, 5) is 15.9. The zero-order chi connectivity index (χ0) is 8.69. The largest absolute Gasteiger partial charge is 0.385 e. The highest BCUT2D eigenvalue weighted by atomic mass is 16.1. The normalized spacial score (nSPS) is 7.27. The molecule has 0 aliphatic rings. The minimum absolute atomic E-state index is 0.338. The van der Waals surface area contributed by atoms with Crippen LogP contribution in [0.1, 0.15) is 6.92 Å². The van der Waals surface area contributed by atoms with Gasteiger partial charge in [-0.1, -0.05) is 0 Å². The summed E-state index contributed by atoms with van der Waals surface area (Å²) in [5.74, 6) is 2.59. The maximum absolute atomic E-state index is 10.2. The molecule has 0 bridgehead atoms. The number of aromatic amines is 1. The predicted octanol–water partition coefficient (Wildman–Crippen LogP) is -0.00840. The number of hydrogen-bond donors (Lipinski definition) is 2. The molecule has 1 heterocycles. The van der Waals surface area contributed by atoms with Crippen molar-refractivity contribution >= 4 is 5.82 Å². The molecule has 0 atom stereocenters. The molecular formula is C7H9N3O. The van der Waals surface area contributed by atoms with Crippen molar-refractivity contribution in [3.8, 4) is 12.3 Å². The number of rotatable bonds is 0. The third kappa shape index (κ3) is 4.73. The lowest BCUT2D eigenvalue weighted by Gasteiger charge is -1.84. The Kier molecular flexibility index (Phi) is 4.25. The second-order valence-electron chi connectivity index (χ2n) is 1.62. The van der Waals surface area contributed by atoms with E-state index in [2.05, 4.69) is 22.3 Å². The number of nitrogens with one attached hydrogen (secondary N) is 1. The van der Waals surface area contributed by atoms with Gasteiger partial charge in [0.2, 0.25) is 0 Å². The maximum atomic E-state index is 10.2. The number of hydrogen-bond acceptors (Lipinski definition) is 3. The van der Waals surface area contributed by atoms with Crippen LogP contribution in [0.2, 0.25) is 0 Å². The fourth-order valence-corrected chi connectivity index (χ4v) is 0.383. The van der Waals surface area contributed by atoms with E-state index in [0.29, 0.717) is 5.82 Å². The summed E-state index contributed by atoms with van der Waals surface area (Å²) in [5.41, 5.74) is 4.75. The average molecular weight is 151 g/mol. The summed E-state index contributed by atoms with van der Waals surface area (Å²) < 4.78 is 0. The van der Waals surface area contributed by atoms with Crippen molar-refractivity contribution in [3.05, 3.63) is 22.7 Å². The van der Waals surface area contributed by atoms with Gasteiger partial charge in [0.05, 0.1) is 0 Å². The Balaban J connectivity index is 0.000000292. The van der Waals surface area contributed by atoms with Crippen molar-refractivity contribution in [3.63, 3.8) is 0 Å². The molecule has 0 radical (unpaired) electrons. The Morgan fingerprint density at radius 3 is 2.64 bits per heavy atom. The van der Waals surface area contributed by atoms with E-state index in [1.807, 2.05) is 0 Å². The minimum Gasteiger partial charge on any atom is -0.385 e. The number of nitrogen functional groups attached to an aromatic ring is 1. The number of H-pyrrole nitrogens is 1. The molecule has 3 N–H and O–H groups in total. The molecule has 1 aromatic rings. The Bertz CT molecular complexity index is 297. The van der Waals surface area contributed by atoms with E-state index in [1.54, 1.807) is 6.92 Å². The molecule has 58 valence electrons. The predicted molar refractivity (Wildman–Crippen MR) is 43.8 cm³/mol. The van der Waals surface area contributed by atoms with Crippen molar-refractivity contribution < 1.29 is 0 Å². The van der Waals surface area contributed by atoms with Gasteiger partial charge in [-0.05, 0) is 13.0 Å². The molecule has 0 aliphatic carbocycles. The average Bonchev–Trinajstić information content (AvgIpc) is 1.88. The van der Waals surface area contributed by atoms with Crippen LogP contribution in [0.5, 0.6) is 0 Å². The fraction of sp³-hybridized carbons (Fsp3) is 0.143. The standard InChI is InChI=1S/C4H5N3O.C3H4/c5-3-1-2-6-4(8)7-3;1-3-2/h1-2H,(H3,5,6,7,8);1H,2H3. The number of terminal acetylenes is 1. The summed E-state index contributed by atoms with van der Waals surface area (Å²) in [6.45, 7) is 1.65. The second-order valence-corrected chi connectivity index (χ2v) is 1.62. The minimum atomic E-state index is -0.412. The molecule has 0 unspecified atom stereocenters.